The number of amides is 2. The molecule has 0 bridgehead atoms. The summed E-state index contributed by atoms with van der Waals surface area (Å²) in [5.41, 5.74) is 2.30. The third-order valence-electron chi connectivity index (χ3n) is 3.25. The predicted molar refractivity (Wildman–Crippen MR) is 82.0 cm³/mol. The molecule has 5 heteroatoms. The molecule has 0 aliphatic heterocycles. The molecule has 0 aliphatic rings. The van der Waals surface area contributed by atoms with E-state index in [0.29, 0.717) is 5.69 Å². The summed E-state index contributed by atoms with van der Waals surface area (Å²) in [5, 5.41) is 6.44. The Morgan fingerprint density at radius 2 is 1.76 bits per heavy atom. The molecule has 0 radical (unpaired) electrons. The number of aryl methyl sites for hydroxylation is 1. The quantitative estimate of drug-likeness (QED) is 0.734. The second-order valence-corrected chi connectivity index (χ2v) is 4.76. The number of carbonyl (C=O) groups is 1. The number of urea groups is 1. The monoisotopic (exact) mass is 283 g/mol. The number of rotatable bonds is 2. The lowest BCUT2D eigenvalue weighted by Crippen LogP contribution is -2.19. The van der Waals surface area contributed by atoms with Crippen molar-refractivity contribution in [3.8, 4) is 0 Å². The molecule has 21 heavy (non-hydrogen) atoms. The Morgan fingerprint density at radius 1 is 1.05 bits per heavy atom. The largest absolute Gasteiger partial charge is 0.348 e. The molecule has 2 aromatic carbocycles. The van der Waals surface area contributed by atoms with E-state index >= 15 is 0 Å². The van der Waals surface area contributed by atoms with Gasteiger partial charge < -0.3 is 15.2 Å². The Labute approximate surface area is 121 Å². The van der Waals surface area contributed by atoms with E-state index in [9.17, 15) is 9.18 Å². The summed E-state index contributed by atoms with van der Waals surface area (Å²) in [6.45, 7) is 0. The molecule has 0 aliphatic carbocycles. The molecule has 0 saturated carbocycles. The van der Waals surface area contributed by atoms with Gasteiger partial charge in [0.1, 0.15) is 5.82 Å². The number of para-hydroxylation sites is 1. The molecule has 0 saturated heterocycles. The highest BCUT2D eigenvalue weighted by Crippen LogP contribution is 2.25. The van der Waals surface area contributed by atoms with Crippen molar-refractivity contribution in [3.63, 3.8) is 0 Å². The first-order valence-corrected chi connectivity index (χ1v) is 6.51. The van der Waals surface area contributed by atoms with Crippen LogP contribution in [0.4, 0.5) is 20.6 Å². The summed E-state index contributed by atoms with van der Waals surface area (Å²) in [5.74, 6) is -0.338. The Hall–Kier alpha value is -2.82. The van der Waals surface area contributed by atoms with Gasteiger partial charge in [-0.1, -0.05) is 18.2 Å². The maximum atomic E-state index is 12.8. The lowest BCUT2D eigenvalue weighted by molar-refractivity contribution is 0.262. The summed E-state index contributed by atoms with van der Waals surface area (Å²) < 4.78 is 14.8. The second-order valence-electron chi connectivity index (χ2n) is 4.76. The first-order chi connectivity index (χ1) is 10.1. The smallest absolute Gasteiger partial charge is 0.323 e. The number of hydrogen-bond acceptors (Lipinski definition) is 1. The fraction of sp³-hybridized carbons (Fsp3) is 0.0625. The minimum absolute atomic E-state index is 0.338. The highest BCUT2D eigenvalue weighted by Gasteiger charge is 2.09. The van der Waals surface area contributed by atoms with E-state index in [4.69, 9.17) is 0 Å². The Morgan fingerprint density at radius 3 is 2.52 bits per heavy atom. The topological polar surface area (TPSA) is 46.1 Å². The van der Waals surface area contributed by atoms with Crippen LogP contribution in [0.15, 0.2) is 54.7 Å². The van der Waals surface area contributed by atoms with Crippen LogP contribution in [0.5, 0.6) is 0 Å². The molecule has 3 aromatic rings. The second kappa shape index (κ2) is 5.28. The number of benzene rings is 2. The fourth-order valence-electron chi connectivity index (χ4n) is 2.26. The van der Waals surface area contributed by atoms with Crippen LogP contribution in [-0.4, -0.2) is 10.6 Å². The van der Waals surface area contributed by atoms with Crippen molar-refractivity contribution < 1.29 is 9.18 Å². The van der Waals surface area contributed by atoms with E-state index in [2.05, 4.69) is 10.6 Å². The van der Waals surface area contributed by atoms with Crippen LogP contribution in [-0.2, 0) is 7.05 Å². The first kappa shape index (κ1) is 13.2. The van der Waals surface area contributed by atoms with Crippen molar-refractivity contribution in [1.29, 1.82) is 0 Å². The van der Waals surface area contributed by atoms with E-state index < -0.39 is 0 Å². The number of nitrogens with one attached hydrogen (secondary N) is 2. The summed E-state index contributed by atoms with van der Waals surface area (Å²) in [6, 6.07) is 13.1. The lowest BCUT2D eigenvalue weighted by atomic mass is 10.2. The van der Waals surface area contributed by atoms with Gasteiger partial charge in [-0.05, 0) is 30.3 Å². The molecule has 0 fully saturated rings. The van der Waals surface area contributed by atoms with Crippen LogP contribution in [0.1, 0.15) is 0 Å². The molecule has 0 spiro atoms. The van der Waals surface area contributed by atoms with Gasteiger partial charge in [0, 0.05) is 29.8 Å². The zero-order valence-corrected chi connectivity index (χ0v) is 11.4. The number of fused-ring (bicyclic) bond motifs is 1. The predicted octanol–water partition coefficient (Wildman–Crippen LogP) is 3.96. The summed E-state index contributed by atoms with van der Waals surface area (Å²) in [4.78, 5) is 12.0. The number of halogens is 1. The molecule has 1 heterocycles. The third kappa shape index (κ3) is 2.72. The van der Waals surface area contributed by atoms with Crippen LogP contribution in [0.2, 0.25) is 0 Å². The molecule has 4 nitrogen and oxygen atoms in total. The minimum Gasteiger partial charge on any atom is -0.348 e. The number of anilines is 2. The van der Waals surface area contributed by atoms with Crippen LogP contribution in [0, 0.1) is 5.82 Å². The van der Waals surface area contributed by atoms with Crippen LogP contribution in [0.25, 0.3) is 10.9 Å². The maximum absolute atomic E-state index is 12.8. The molecule has 2 N–H and O–H groups in total. The van der Waals surface area contributed by atoms with Crippen molar-refractivity contribution >= 4 is 28.3 Å². The molecule has 0 atom stereocenters. The SMILES string of the molecule is Cn1cc(NC(=O)Nc2ccc(F)cc2)c2ccccc21. The van der Waals surface area contributed by atoms with E-state index in [1.807, 2.05) is 42.1 Å². The molecular weight excluding hydrogens is 269 g/mol. The summed E-state index contributed by atoms with van der Waals surface area (Å²) in [7, 11) is 1.92. The summed E-state index contributed by atoms with van der Waals surface area (Å²) >= 11 is 0. The Bertz CT molecular complexity index is 793. The standard InChI is InChI=1S/C16H14FN3O/c1-20-10-14(13-4-2-3-5-15(13)20)19-16(21)18-12-8-6-11(17)7-9-12/h2-10H,1H3,(H2,18,19,21). The number of nitrogens with zero attached hydrogens (tertiary/aromatic N) is 1. The van der Waals surface area contributed by atoms with Crippen molar-refractivity contribution in [1.82, 2.24) is 4.57 Å². The van der Waals surface area contributed by atoms with E-state index in [0.717, 1.165) is 16.6 Å². The number of aromatic nitrogens is 1. The van der Waals surface area contributed by atoms with Gasteiger partial charge in [0.15, 0.2) is 0 Å². The number of hydrogen-bond donors (Lipinski definition) is 2. The lowest BCUT2D eigenvalue weighted by Gasteiger charge is -2.06. The average Bonchev–Trinajstić information content (AvgIpc) is 2.78. The fourth-order valence-corrected chi connectivity index (χ4v) is 2.26. The molecule has 1 aromatic heterocycles. The van der Waals surface area contributed by atoms with Gasteiger partial charge in [-0.2, -0.15) is 0 Å². The highest BCUT2D eigenvalue weighted by molar-refractivity contribution is 6.06. The van der Waals surface area contributed by atoms with Crippen molar-refractivity contribution in [2.24, 2.45) is 7.05 Å². The Balaban J connectivity index is 1.79. The zero-order valence-electron chi connectivity index (χ0n) is 11.4. The van der Waals surface area contributed by atoms with Crippen molar-refractivity contribution in [2.75, 3.05) is 10.6 Å². The zero-order chi connectivity index (χ0) is 14.8. The molecular formula is C16H14FN3O. The maximum Gasteiger partial charge on any atom is 0.323 e. The van der Waals surface area contributed by atoms with Gasteiger partial charge in [-0.3, -0.25) is 0 Å². The average molecular weight is 283 g/mol. The molecule has 106 valence electrons. The van der Waals surface area contributed by atoms with Crippen molar-refractivity contribution in [3.05, 3.63) is 60.5 Å². The molecule has 0 unspecified atom stereocenters. The summed E-state index contributed by atoms with van der Waals surface area (Å²) in [6.07, 6.45) is 1.86. The van der Waals surface area contributed by atoms with Gasteiger partial charge in [0.2, 0.25) is 0 Å². The minimum atomic E-state index is -0.363. The van der Waals surface area contributed by atoms with E-state index in [-0.39, 0.29) is 11.8 Å². The van der Waals surface area contributed by atoms with Gasteiger partial charge in [-0.25, -0.2) is 9.18 Å². The molecule has 2 amide bonds. The van der Waals surface area contributed by atoms with Gasteiger partial charge in [0.25, 0.3) is 0 Å². The van der Waals surface area contributed by atoms with Gasteiger partial charge in [-0.15, -0.1) is 0 Å². The number of carbonyl (C=O) groups excluding carboxylic acids is 1. The third-order valence-corrected chi connectivity index (χ3v) is 3.25. The van der Waals surface area contributed by atoms with Gasteiger partial charge >= 0.3 is 6.03 Å². The van der Waals surface area contributed by atoms with Crippen LogP contribution in [0.3, 0.4) is 0 Å². The highest BCUT2D eigenvalue weighted by atomic mass is 19.1. The first-order valence-electron chi connectivity index (χ1n) is 6.51. The molecule has 3 rings (SSSR count). The van der Waals surface area contributed by atoms with Crippen molar-refractivity contribution in [2.45, 2.75) is 0 Å². The van der Waals surface area contributed by atoms with Crippen LogP contribution < -0.4 is 10.6 Å². The normalized spacial score (nSPS) is 10.6. The van der Waals surface area contributed by atoms with Gasteiger partial charge in [0.05, 0.1) is 5.69 Å². The van der Waals surface area contributed by atoms with E-state index in [1.165, 1.54) is 24.3 Å². The van der Waals surface area contributed by atoms with Crippen LogP contribution >= 0.6 is 0 Å². The Kier molecular flexibility index (Phi) is 3.31. The van der Waals surface area contributed by atoms with E-state index in [1.54, 1.807) is 0 Å².